The summed E-state index contributed by atoms with van der Waals surface area (Å²) in [7, 11) is 1.96. The van der Waals surface area contributed by atoms with E-state index in [4.69, 9.17) is 11.6 Å². The van der Waals surface area contributed by atoms with E-state index in [-0.39, 0.29) is 0 Å². The maximum atomic E-state index is 6.38. The summed E-state index contributed by atoms with van der Waals surface area (Å²) < 4.78 is 0. The van der Waals surface area contributed by atoms with Crippen LogP contribution >= 0.6 is 23.4 Å². The maximum Gasteiger partial charge on any atom is 0.0548 e. The van der Waals surface area contributed by atoms with Gasteiger partial charge in [-0.2, -0.15) is 0 Å². The molecule has 0 spiro atoms. The Morgan fingerprint density at radius 1 is 1.15 bits per heavy atom. The molecule has 2 aromatic carbocycles. The normalized spacial score (nSPS) is 13.5. The first-order valence-electron chi connectivity index (χ1n) is 6.99. The highest BCUT2D eigenvalue weighted by Gasteiger charge is 2.13. The summed E-state index contributed by atoms with van der Waals surface area (Å²) >= 11 is 8.16. The highest BCUT2D eigenvalue weighted by atomic mass is 35.5. The van der Waals surface area contributed by atoms with Crippen molar-refractivity contribution in [1.29, 1.82) is 0 Å². The van der Waals surface area contributed by atoms with Crippen LogP contribution in [0.3, 0.4) is 0 Å². The second kappa shape index (κ2) is 6.21. The molecule has 0 unspecified atom stereocenters. The summed E-state index contributed by atoms with van der Waals surface area (Å²) in [5.74, 6) is 0. The zero-order valence-electron chi connectivity index (χ0n) is 11.6. The number of hydrogen-bond donors (Lipinski definition) is 1. The highest BCUT2D eigenvalue weighted by Crippen LogP contribution is 2.37. The van der Waals surface area contributed by atoms with Crippen molar-refractivity contribution < 1.29 is 0 Å². The fraction of sp³-hybridized carbons (Fsp3) is 0.294. The van der Waals surface area contributed by atoms with Gasteiger partial charge in [0, 0.05) is 16.3 Å². The van der Waals surface area contributed by atoms with E-state index < -0.39 is 0 Å². The van der Waals surface area contributed by atoms with Gasteiger partial charge >= 0.3 is 0 Å². The van der Waals surface area contributed by atoms with Crippen LogP contribution in [0.5, 0.6) is 0 Å². The van der Waals surface area contributed by atoms with Gasteiger partial charge in [0.05, 0.1) is 5.02 Å². The molecule has 0 saturated heterocycles. The molecule has 104 valence electrons. The highest BCUT2D eigenvalue weighted by molar-refractivity contribution is 7.99. The van der Waals surface area contributed by atoms with Crippen LogP contribution in [0.2, 0.25) is 5.02 Å². The fourth-order valence-electron chi connectivity index (χ4n) is 2.73. The second-order valence-corrected chi connectivity index (χ2v) is 6.64. The van der Waals surface area contributed by atoms with E-state index in [1.807, 2.05) is 19.2 Å². The van der Waals surface area contributed by atoms with Crippen molar-refractivity contribution in [3.8, 4) is 0 Å². The van der Waals surface area contributed by atoms with Crippen LogP contribution in [-0.4, -0.2) is 7.05 Å². The second-order valence-electron chi connectivity index (χ2n) is 5.14. The predicted molar refractivity (Wildman–Crippen MR) is 86.8 cm³/mol. The third-order valence-electron chi connectivity index (χ3n) is 3.71. The average Bonchev–Trinajstić information content (AvgIpc) is 2.90. The first-order valence-corrected chi connectivity index (χ1v) is 8.19. The van der Waals surface area contributed by atoms with Gasteiger partial charge in [0.25, 0.3) is 0 Å². The van der Waals surface area contributed by atoms with Crippen LogP contribution in [0.15, 0.2) is 46.2 Å². The SMILES string of the molecule is CNCc1cccc(Cl)c1Sc1ccc2c(c1)CCC2. The molecule has 1 N–H and O–H groups in total. The molecule has 0 saturated carbocycles. The van der Waals surface area contributed by atoms with Gasteiger partial charge in [-0.1, -0.05) is 41.6 Å². The van der Waals surface area contributed by atoms with Gasteiger partial charge in [0.15, 0.2) is 0 Å². The zero-order valence-corrected chi connectivity index (χ0v) is 13.2. The molecule has 1 aliphatic rings. The van der Waals surface area contributed by atoms with Crippen molar-refractivity contribution in [1.82, 2.24) is 5.32 Å². The molecule has 3 heteroatoms. The third kappa shape index (κ3) is 2.88. The standard InChI is InChI=1S/C17H18ClNS/c1-19-11-14-6-3-7-16(18)17(14)20-15-9-8-12-4-2-5-13(12)10-15/h3,6-10,19H,2,4-5,11H2,1H3. The van der Waals surface area contributed by atoms with Crippen molar-refractivity contribution >= 4 is 23.4 Å². The van der Waals surface area contributed by atoms with Crippen molar-refractivity contribution in [2.45, 2.75) is 35.6 Å². The molecular weight excluding hydrogens is 286 g/mol. The number of aryl methyl sites for hydroxylation is 2. The number of halogens is 1. The van der Waals surface area contributed by atoms with Gasteiger partial charge in [-0.05, 0) is 61.2 Å². The fourth-order valence-corrected chi connectivity index (χ4v) is 4.05. The van der Waals surface area contributed by atoms with Crippen LogP contribution < -0.4 is 5.32 Å². The number of rotatable bonds is 4. The summed E-state index contributed by atoms with van der Waals surface area (Å²) in [5.41, 5.74) is 4.28. The zero-order chi connectivity index (χ0) is 13.9. The number of nitrogens with one attached hydrogen (secondary N) is 1. The van der Waals surface area contributed by atoms with Crippen LogP contribution in [-0.2, 0) is 19.4 Å². The van der Waals surface area contributed by atoms with E-state index in [0.717, 1.165) is 11.6 Å². The van der Waals surface area contributed by atoms with Gasteiger partial charge in [-0.3, -0.25) is 0 Å². The van der Waals surface area contributed by atoms with Crippen LogP contribution in [0.25, 0.3) is 0 Å². The van der Waals surface area contributed by atoms with E-state index in [1.165, 1.54) is 45.7 Å². The molecule has 0 fully saturated rings. The summed E-state index contributed by atoms with van der Waals surface area (Å²) in [6.45, 7) is 0.841. The summed E-state index contributed by atoms with van der Waals surface area (Å²) in [5, 5.41) is 4.04. The first kappa shape index (κ1) is 14.0. The summed E-state index contributed by atoms with van der Waals surface area (Å²) in [6.07, 6.45) is 3.74. The topological polar surface area (TPSA) is 12.0 Å². The lowest BCUT2D eigenvalue weighted by molar-refractivity contribution is 0.803. The van der Waals surface area contributed by atoms with Crippen LogP contribution in [0, 0.1) is 0 Å². The lowest BCUT2D eigenvalue weighted by atomic mass is 10.1. The Hall–Kier alpha value is -0.960. The van der Waals surface area contributed by atoms with Crippen molar-refractivity contribution in [2.24, 2.45) is 0 Å². The molecule has 0 heterocycles. The molecule has 20 heavy (non-hydrogen) atoms. The van der Waals surface area contributed by atoms with E-state index >= 15 is 0 Å². The van der Waals surface area contributed by atoms with Crippen molar-refractivity contribution in [3.63, 3.8) is 0 Å². The Morgan fingerprint density at radius 2 is 2.00 bits per heavy atom. The summed E-state index contributed by atoms with van der Waals surface area (Å²) in [4.78, 5) is 2.46. The van der Waals surface area contributed by atoms with Gasteiger partial charge in [-0.25, -0.2) is 0 Å². The average molecular weight is 304 g/mol. The Labute approximate surface area is 129 Å². The minimum absolute atomic E-state index is 0.836. The molecule has 0 radical (unpaired) electrons. The quantitative estimate of drug-likeness (QED) is 0.878. The molecule has 1 aliphatic carbocycles. The van der Waals surface area contributed by atoms with Crippen molar-refractivity contribution in [2.75, 3.05) is 7.05 Å². The Morgan fingerprint density at radius 3 is 2.85 bits per heavy atom. The maximum absolute atomic E-state index is 6.38. The van der Waals surface area contributed by atoms with E-state index in [1.54, 1.807) is 11.8 Å². The molecule has 0 aromatic heterocycles. The predicted octanol–water partition coefficient (Wildman–Crippen LogP) is 4.70. The van der Waals surface area contributed by atoms with E-state index in [0.29, 0.717) is 0 Å². The number of benzene rings is 2. The molecule has 0 atom stereocenters. The summed E-state index contributed by atoms with van der Waals surface area (Å²) in [6, 6.07) is 13.0. The Kier molecular flexibility index (Phi) is 4.35. The number of hydrogen-bond acceptors (Lipinski definition) is 2. The smallest absolute Gasteiger partial charge is 0.0548 e. The molecule has 0 bridgehead atoms. The van der Waals surface area contributed by atoms with Gasteiger partial charge in [0.1, 0.15) is 0 Å². The van der Waals surface area contributed by atoms with Gasteiger partial charge in [0.2, 0.25) is 0 Å². The van der Waals surface area contributed by atoms with E-state index in [2.05, 4.69) is 29.6 Å². The molecule has 1 nitrogen and oxygen atoms in total. The molecule has 2 aromatic rings. The minimum atomic E-state index is 0.836. The van der Waals surface area contributed by atoms with Gasteiger partial charge < -0.3 is 5.32 Å². The van der Waals surface area contributed by atoms with Crippen LogP contribution in [0.4, 0.5) is 0 Å². The minimum Gasteiger partial charge on any atom is -0.316 e. The molecule has 3 rings (SSSR count). The van der Waals surface area contributed by atoms with Crippen LogP contribution in [0.1, 0.15) is 23.1 Å². The van der Waals surface area contributed by atoms with E-state index in [9.17, 15) is 0 Å². The molecule has 0 aliphatic heterocycles. The number of fused-ring (bicyclic) bond motifs is 1. The van der Waals surface area contributed by atoms with Gasteiger partial charge in [-0.15, -0.1) is 0 Å². The monoisotopic (exact) mass is 303 g/mol. The first-order chi connectivity index (χ1) is 9.78. The third-order valence-corrected chi connectivity index (χ3v) is 5.31. The van der Waals surface area contributed by atoms with Crippen molar-refractivity contribution in [3.05, 3.63) is 58.1 Å². The lowest BCUT2D eigenvalue weighted by Gasteiger charge is -2.11. The molecule has 0 amide bonds. The largest absolute Gasteiger partial charge is 0.316 e. The Balaban J connectivity index is 1.91. The molecular formula is C17H18ClNS. The Bertz CT molecular complexity index is 624. The lowest BCUT2D eigenvalue weighted by Crippen LogP contribution is -2.06.